The number of nitrogens with one attached hydrogen (secondary N) is 1. The van der Waals surface area contributed by atoms with Crippen LogP contribution in [0.2, 0.25) is 0 Å². The third-order valence-electron chi connectivity index (χ3n) is 5.59. The molecule has 2 aliphatic rings. The Hall–Kier alpha value is -2.24. The summed E-state index contributed by atoms with van der Waals surface area (Å²) in [6, 6.07) is 9.89. The number of hydrogen-bond acceptors (Lipinski definition) is 4. The van der Waals surface area contributed by atoms with E-state index in [0.717, 1.165) is 17.4 Å². The first kappa shape index (κ1) is 15.3. The summed E-state index contributed by atoms with van der Waals surface area (Å²) in [5.74, 6) is 2.84. The maximum atomic E-state index is 12.3. The summed E-state index contributed by atoms with van der Waals surface area (Å²) < 4.78 is 0. The van der Waals surface area contributed by atoms with Gasteiger partial charge in [0.05, 0.1) is 0 Å². The Kier molecular flexibility index (Phi) is 4.04. The molecule has 0 saturated heterocycles. The van der Waals surface area contributed by atoms with Gasteiger partial charge in [-0.05, 0) is 49.2 Å². The van der Waals surface area contributed by atoms with Crippen molar-refractivity contribution in [3.8, 4) is 11.4 Å². The van der Waals surface area contributed by atoms with E-state index in [4.69, 9.17) is 0 Å². The summed E-state index contributed by atoms with van der Waals surface area (Å²) in [7, 11) is 0. The van der Waals surface area contributed by atoms with Gasteiger partial charge in [0.25, 0.3) is 0 Å². The van der Waals surface area contributed by atoms with Crippen molar-refractivity contribution in [1.82, 2.24) is 25.5 Å². The maximum absolute atomic E-state index is 12.3. The predicted molar refractivity (Wildman–Crippen MR) is 89.8 cm³/mol. The van der Waals surface area contributed by atoms with Crippen LogP contribution in [0.25, 0.3) is 11.4 Å². The van der Waals surface area contributed by atoms with Crippen molar-refractivity contribution in [3.05, 3.63) is 30.3 Å². The summed E-state index contributed by atoms with van der Waals surface area (Å²) >= 11 is 0. The summed E-state index contributed by atoms with van der Waals surface area (Å²) in [6.07, 6.45) is 5.34. The van der Waals surface area contributed by atoms with Crippen LogP contribution in [0.4, 0.5) is 0 Å². The number of benzene rings is 1. The molecule has 2 bridgehead atoms. The first-order valence-corrected chi connectivity index (χ1v) is 8.81. The number of nitrogens with zero attached hydrogens (tertiary/aromatic N) is 4. The molecule has 126 valence electrons. The second-order valence-corrected chi connectivity index (χ2v) is 7.20. The zero-order valence-electron chi connectivity index (χ0n) is 13.9. The smallest absolute Gasteiger partial charge is 0.243 e. The monoisotopic (exact) mass is 325 g/mol. The van der Waals surface area contributed by atoms with Crippen LogP contribution < -0.4 is 5.32 Å². The van der Waals surface area contributed by atoms with Gasteiger partial charge in [0.2, 0.25) is 11.7 Å². The molecule has 24 heavy (non-hydrogen) atoms. The zero-order chi connectivity index (χ0) is 16.5. The van der Waals surface area contributed by atoms with E-state index in [1.807, 2.05) is 30.3 Å². The minimum absolute atomic E-state index is 0.0396. The lowest BCUT2D eigenvalue weighted by Gasteiger charge is -2.28. The van der Waals surface area contributed by atoms with Crippen LogP contribution in [0.15, 0.2) is 30.3 Å². The van der Waals surface area contributed by atoms with Crippen molar-refractivity contribution in [2.45, 2.75) is 45.2 Å². The van der Waals surface area contributed by atoms with Gasteiger partial charge in [-0.25, -0.2) is 0 Å². The van der Waals surface area contributed by atoms with Crippen molar-refractivity contribution in [1.29, 1.82) is 0 Å². The van der Waals surface area contributed by atoms with E-state index < -0.39 is 0 Å². The van der Waals surface area contributed by atoms with Gasteiger partial charge in [0.15, 0.2) is 0 Å². The van der Waals surface area contributed by atoms with Gasteiger partial charge >= 0.3 is 0 Å². The first-order chi connectivity index (χ1) is 11.7. The summed E-state index contributed by atoms with van der Waals surface area (Å²) in [5, 5.41) is 15.5. The van der Waals surface area contributed by atoms with Crippen molar-refractivity contribution in [3.63, 3.8) is 0 Å². The molecule has 0 aliphatic heterocycles. The fraction of sp³-hybridized carbons (Fsp3) is 0.556. The SMILES string of the molecule is CC(NC(=O)Cn1nnc(-c2ccccc2)n1)C1CC2CCC1C2. The predicted octanol–water partition coefficient (Wildman–Crippen LogP) is 2.28. The summed E-state index contributed by atoms with van der Waals surface area (Å²) in [4.78, 5) is 13.7. The lowest BCUT2D eigenvalue weighted by atomic mass is 9.84. The number of amides is 1. The first-order valence-electron chi connectivity index (χ1n) is 8.81. The Balaban J connectivity index is 1.34. The molecule has 1 aromatic heterocycles. The van der Waals surface area contributed by atoms with E-state index in [1.165, 1.54) is 30.5 Å². The van der Waals surface area contributed by atoms with Crippen LogP contribution in [0.1, 0.15) is 32.6 Å². The molecular weight excluding hydrogens is 302 g/mol. The number of hydrogen-bond donors (Lipinski definition) is 1. The molecule has 1 amide bonds. The lowest BCUT2D eigenvalue weighted by Crippen LogP contribution is -2.41. The fourth-order valence-corrected chi connectivity index (χ4v) is 4.45. The molecular formula is C18H23N5O. The number of fused-ring (bicyclic) bond motifs is 2. The van der Waals surface area contributed by atoms with Crippen molar-refractivity contribution in [2.75, 3.05) is 0 Å². The molecule has 2 aliphatic carbocycles. The molecule has 6 heteroatoms. The van der Waals surface area contributed by atoms with E-state index in [9.17, 15) is 4.79 Å². The zero-order valence-corrected chi connectivity index (χ0v) is 13.9. The van der Waals surface area contributed by atoms with Crippen LogP contribution >= 0.6 is 0 Å². The highest BCUT2D eigenvalue weighted by Gasteiger charge is 2.42. The molecule has 4 rings (SSSR count). The van der Waals surface area contributed by atoms with Gasteiger partial charge in [0.1, 0.15) is 6.54 Å². The van der Waals surface area contributed by atoms with E-state index >= 15 is 0 Å². The van der Waals surface area contributed by atoms with Gasteiger partial charge in [-0.2, -0.15) is 4.80 Å². The molecule has 6 nitrogen and oxygen atoms in total. The maximum Gasteiger partial charge on any atom is 0.243 e. The van der Waals surface area contributed by atoms with Crippen LogP contribution in [0.5, 0.6) is 0 Å². The molecule has 2 saturated carbocycles. The third-order valence-corrected chi connectivity index (χ3v) is 5.59. The second-order valence-electron chi connectivity index (χ2n) is 7.20. The van der Waals surface area contributed by atoms with Gasteiger partial charge in [-0.1, -0.05) is 36.8 Å². The number of tetrazole rings is 1. The number of carbonyl (C=O) groups is 1. The van der Waals surface area contributed by atoms with Gasteiger partial charge in [-0.3, -0.25) is 4.79 Å². The molecule has 1 aromatic carbocycles. The molecule has 1 N–H and O–H groups in total. The average Bonchev–Trinajstić information content (AvgIpc) is 3.32. The molecule has 2 fully saturated rings. The molecule has 4 atom stereocenters. The molecule has 0 spiro atoms. The molecule has 1 heterocycles. The van der Waals surface area contributed by atoms with Gasteiger partial charge in [-0.15, -0.1) is 10.2 Å². The van der Waals surface area contributed by atoms with Crippen molar-refractivity contribution < 1.29 is 4.79 Å². The summed E-state index contributed by atoms with van der Waals surface area (Å²) in [5.41, 5.74) is 0.902. The standard InChI is InChI=1S/C18H23N5O/c1-12(16-10-13-7-8-15(16)9-13)19-17(24)11-23-21-18(20-22-23)14-5-3-2-4-6-14/h2-6,12-13,15-16H,7-11H2,1H3,(H,19,24). The Bertz CT molecular complexity index is 713. The van der Waals surface area contributed by atoms with Crippen LogP contribution in [-0.4, -0.2) is 32.2 Å². The highest BCUT2D eigenvalue weighted by molar-refractivity contribution is 5.75. The number of aromatic nitrogens is 4. The van der Waals surface area contributed by atoms with Crippen LogP contribution in [0.3, 0.4) is 0 Å². The van der Waals surface area contributed by atoms with Crippen molar-refractivity contribution in [2.24, 2.45) is 17.8 Å². The average molecular weight is 325 g/mol. The molecule has 4 unspecified atom stereocenters. The third kappa shape index (κ3) is 3.05. The minimum atomic E-state index is -0.0396. The Morgan fingerprint density at radius 2 is 2.12 bits per heavy atom. The molecule has 2 aromatic rings. The summed E-state index contributed by atoms with van der Waals surface area (Å²) in [6.45, 7) is 2.25. The van der Waals surface area contributed by atoms with Crippen molar-refractivity contribution >= 4 is 5.91 Å². The fourth-order valence-electron chi connectivity index (χ4n) is 4.45. The normalized spacial score (nSPS) is 26.5. The van der Waals surface area contributed by atoms with Gasteiger partial charge < -0.3 is 5.32 Å². The Morgan fingerprint density at radius 3 is 2.83 bits per heavy atom. The quantitative estimate of drug-likeness (QED) is 0.915. The highest BCUT2D eigenvalue weighted by atomic mass is 16.2. The van der Waals surface area contributed by atoms with E-state index in [0.29, 0.717) is 11.7 Å². The lowest BCUT2D eigenvalue weighted by molar-refractivity contribution is -0.123. The Labute approximate surface area is 141 Å². The van der Waals surface area contributed by atoms with Gasteiger partial charge in [0, 0.05) is 11.6 Å². The minimum Gasteiger partial charge on any atom is -0.352 e. The Morgan fingerprint density at radius 1 is 1.29 bits per heavy atom. The topological polar surface area (TPSA) is 72.7 Å². The van der Waals surface area contributed by atoms with E-state index in [-0.39, 0.29) is 18.5 Å². The van der Waals surface area contributed by atoms with Crippen LogP contribution in [0, 0.1) is 17.8 Å². The van der Waals surface area contributed by atoms with E-state index in [2.05, 4.69) is 27.7 Å². The number of carbonyl (C=O) groups excluding carboxylic acids is 1. The van der Waals surface area contributed by atoms with Crippen LogP contribution in [-0.2, 0) is 11.3 Å². The number of rotatable bonds is 5. The second kappa shape index (κ2) is 6.34. The largest absolute Gasteiger partial charge is 0.352 e. The van der Waals surface area contributed by atoms with E-state index in [1.54, 1.807) is 0 Å². The molecule has 0 radical (unpaired) electrons. The highest BCUT2D eigenvalue weighted by Crippen LogP contribution is 2.49.